The van der Waals surface area contributed by atoms with Gasteiger partial charge >= 0.3 is 0 Å². The van der Waals surface area contributed by atoms with Gasteiger partial charge in [-0.2, -0.15) is 0 Å². The van der Waals surface area contributed by atoms with Crippen molar-refractivity contribution in [1.29, 1.82) is 0 Å². The standard InChI is InChI=1S/C9H12BrNS/c10-9-5-7-6(3-4-11)1-2-8(7)12-9/h5-6H,1-4,11H2. The van der Waals surface area contributed by atoms with Crippen LogP contribution in [0.1, 0.15) is 29.2 Å². The van der Waals surface area contributed by atoms with Crippen molar-refractivity contribution in [2.24, 2.45) is 5.73 Å². The normalized spacial score (nSPS) is 21.3. The van der Waals surface area contributed by atoms with Crippen molar-refractivity contribution < 1.29 is 0 Å². The molecule has 0 fully saturated rings. The van der Waals surface area contributed by atoms with Gasteiger partial charge in [0.05, 0.1) is 3.79 Å². The highest BCUT2D eigenvalue weighted by Gasteiger charge is 2.23. The Labute approximate surface area is 85.1 Å². The molecule has 0 saturated heterocycles. The lowest BCUT2D eigenvalue weighted by Gasteiger charge is -2.06. The highest BCUT2D eigenvalue weighted by Crippen LogP contribution is 2.41. The molecule has 1 aliphatic rings. The van der Waals surface area contributed by atoms with Crippen LogP contribution in [0.3, 0.4) is 0 Å². The number of aryl methyl sites for hydroxylation is 1. The third-order valence-corrected chi connectivity index (χ3v) is 4.20. The predicted molar refractivity (Wildman–Crippen MR) is 56.8 cm³/mol. The van der Waals surface area contributed by atoms with E-state index < -0.39 is 0 Å². The zero-order chi connectivity index (χ0) is 8.55. The van der Waals surface area contributed by atoms with E-state index in [1.807, 2.05) is 11.3 Å². The van der Waals surface area contributed by atoms with Gasteiger partial charge < -0.3 is 5.73 Å². The van der Waals surface area contributed by atoms with E-state index in [1.165, 1.54) is 16.6 Å². The van der Waals surface area contributed by atoms with E-state index in [0.717, 1.165) is 18.9 Å². The van der Waals surface area contributed by atoms with Crippen LogP contribution in [0.15, 0.2) is 9.85 Å². The first-order valence-corrected chi connectivity index (χ1v) is 5.90. The summed E-state index contributed by atoms with van der Waals surface area (Å²) in [5.74, 6) is 0.743. The van der Waals surface area contributed by atoms with E-state index in [9.17, 15) is 0 Å². The molecular formula is C9H12BrNS. The van der Waals surface area contributed by atoms with Gasteiger partial charge in [-0.25, -0.2) is 0 Å². The molecule has 1 aromatic rings. The van der Waals surface area contributed by atoms with Crippen LogP contribution in [0.5, 0.6) is 0 Å². The summed E-state index contributed by atoms with van der Waals surface area (Å²) in [6, 6.07) is 2.27. The molecule has 0 bridgehead atoms. The van der Waals surface area contributed by atoms with Gasteiger partial charge in [-0.3, -0.25) is 0 Å². The fraction of sp³-hybridized carbons (Fsp3) is 0.556. The molecule has 3 heteroatoms. The van der Waals surface area contributed by atoms with Gasteiger partial charge in [-0.1, -0.05) is 0 Å². The molecule has 0 amide bonds. The fourth-order valence-electron chi connectivity index (χ4n) is 1.91. The second-order valence-electron chi connectivity index (χ2n) is 3.24. The Balaban J connectivity index is 2.22. The van der Waals surface area contributed by atoms with Crippen LogP contribution < -0.4 is 5.73 Å². The number of rotatable bonds is 2. The number of nitrogens with two attached hydrogens (primary N) is 1. The lowest BCUT2D eigenvalue weighted by atomic mass is 10.0. The summed E-state index contributed by atoms with van der Waals surface area (Å²) in [6.45, 7) is 0.817. The molecule has 1 aliphatic carbocycles. The first-order chi connectivity index (χ1) is 5.81. The highest BCUT2D eigenvalue weighted by molar-refractivity contribution is 9.11. The lowest BCUT2D eigenvalue weighted by molar-refractivity contribution is 0.627. The minimum absolute atomic E-state index is 0.743. The molecule has 0 radical (unpaired) electrons. The van der Waals surface area contributed by atoms with Crippen LogP contribution in [0.2, 0.25) is 0 Å². The maximum Gasteiger partial charge on any atom is 0.0704 e. The monoisotopic (exact) mass is 245 g/mol. The van der Waals surface area contributed by atoms with E-state index in [1.54, 1.807) is 10.4 Å². The van der Waals surface area contributed by atoms with Crippen LogP contribution in [-0.2, 0) is 6.42 Å². The Morgan fingerprint density at radius 2 is 2.50 bits per heavy atom. The Morgan fingerprint density at radius 3 is 3.25 bits per heavy atom. The fourth-order valence-corrected chi connectivity index (χ4v) is 3.73. The van der Waals surface area contributed by atoms with E-state index >= 15 is 0 Å². The van der Waals surface area contributed by atoms with Crippen molar-refractivity contribution in [3.63, 3.8) is 0 Å². The molecule has 1 heterocycles. The summed E-state index contributed by atoms with van der Waals surface area (Å²) in [7, 11) is 0. The van der Waals surface area contributed by atoms with E-state index in [2.05, 4.69) is 22.0 Å². The molecule has 1 unspecified atom stereocenters. The number of hydrogen-bond donors (Lipinski definition) is 1. The summed E-state index contributed by atoms with van der Waals surface area (Å²) in [5, 5.41) is 0. The molecule has 0 aromatic carbocycles. The van der Waals surface area contributed by atoms with Gasteiger partial charge in [0.25, 0.3) is 0 Å². The van der Waals surface area contributed by atoms with Crippen molar-refractivity contribution >= 4 is 27.3 Å². The third-order valence-electron chi connectivity index (χ3n) is 2.49. The van der Waals surface area contributed by atoms with Crippen molar-refractivity contribution in [3.05, 3.63) is 20.3 Å². The van der Waals surface area contributed by atoms with E-state index in [4.69, 9.17) is 5.73 Å². The van der Waals surface area contributed by atoms with Crippen molar-refractivity contribution in [3.8, 4) is 0 Å². The van der Waals surface area contributed by atoms with Crippen LogP contribution in [0.25, 0.3) is 0 Å². The quantitative estimate of drug-likeness (QED) is 0.853. The van der Waals surface area contributed by atoms with Gasteiger partial charge in [0.2, 0.25) is 0 Å². The molecule has 1 atom stereocenters. The molecule has 0 aliphatic heterocycles. The van der Waals surface area contributed by atoms with Gasteiger partial charge in [0.1, 0.15) is 0 Å². The van der Waals surface area contributed by atoms with E-state index in [-0.39, 0.29) is 0 Å². The van der Waals surface area contributed by atoms with E-state index in [0.29, 0.717) is 0 Å². The molecule has 66 valence electrons. The number of thiophene rings is 1. The van der Waals surface area contributed by atoms with Gasteiger partial charge in [0.15, 0.2) is 0 Å². The Morgan fingerprint density at radius 1 is 1.67 bits per heavy atom. The summed E-state index contributed by atoms with van der Waals surface area (Å²) >= 11 is 5.41. The Hall–Kier alpha value is 0.140. The largest absolute Gasteiger partial charge is 0.330 e. The average molecular weight is 246 g/mol. The molecule has 2 rings (SSSR count). The second-order valence-corrected chi connectivity index (χ2v) is 5.76. The first-order valence-electron chi connectivity index (χ1n) is 4.29. The molecule has 0 spiro atoms. The van der Waals surface area contributed by atoms with Crippen LogP contribution in [-0.4, -0.2) is 6.54 Å². The Kier molecular flexibility index (Phi) is 2.53. The number of fused-ring (bicyclic) bond motifs is 1. The summed E-state index contributed by atoms with van der Waals surface area (Å²) in [4.78, 5) is 1.57. The predicted octanol–water partition coefficient (Wildman–Crippen LogP) is 2.89. The van der Waals surface area contributed by atoms with Crippen LogP contribution in [0, 0.1) is 0 Å². The lowest BCUT2D eigenvalue weighted by Crippen LogP contribution is -2.04. The average Bonchev–Trinajstić information content (AvgIpc) is 2.52. The van der Waals surface area contributed by atoms with Crippen molar-refractivity contribution in [2.45, 2.75) is 25.2 Å². The zero-order valence-corrected chi connectivity index (χ0v) is 9.25. The van der Waals surface area contributed by atoms with Gasteiger partial charge in [0, 0.05) is 4.88 Å². The molecular weight excluding hydrogens is 234 g/mol. The topological polar surface area (TPSA) is 26.0 Å². The van der Waals surface area contributed by atoms with Gasteiger partial charge in [-0.15, -0.1) is 11.3 Å². The minimum atomic E-state index is 0.743. The molecule has 12 heavy (non-hydrogen) atoms. The summed E-state index contributed by atoms with van der Waals surface area (Å²) in [5.41, 5.74) is 7.12. The third kappa shape index (κ3) is 1.45. The smallest absolute Gasteiger partial charge is 0.0704 e. The molecule has 2 N–H and O–H groups in total. The highest BCUT2D eigenvalue weighted by atomic mass is 79.9. The SMILES string of the molecule is NCCC1CCc2sc(Br)cc21. The van der Waals surface area contributed by atoms with Crippen molar-refractivity contribution in [1.82, 2.24) is 0 Å². The van der Waals surface area contributed by atoms with Gasteiger partial charge in [-0.05, 0) is 59.3 Å². The molecule has 1 nitrogen and oxygen atoms in total. The summed E-state index contributed by atoms with van der Waals surface area (Å²) in [6.07, 6.45) is 3.72. The number of hydrogen-bond acceptors (Lipinski definition) is 2. The zero-order valence-electron chi connectivity index (χ0n) is 6.85. The Bertz CT molecular complexity index is 282. The first kappa shape index (κ1) is 8.73. The molecule has 0 saturated carbocycles. The second kappa shape index (κ2) is 3.48. The summed E-state index contributed by atoms with van der Waals surface area (Å²) < 4.78 is 1.27. The minimum Gasteiger partial charge on any atom is -0.330 e. The maximum atomic E-state index is 5.56. The van der Waals surface area contributed by atoms with Crippen molar-refractivity contribution in [2.75, 3.05) is 6.54 Å². The number of halogens is 1. The van der Waals surface area contributed by atoms with Crippen LogP contribution >= 0.6 is 27.3 Å². The maximum absolute atomic E-state index is 5.56. The van der Waals surface area contributed by atoms with Crippen LogP contribution in [0.4, 0.5) is 0 Å². The molecule has 1 aromatic heterocycles.